The second-order valence-corrected chi connectivity index (χ2v) is 13.2. The molecule has 0 saturated carbocycles. The smallest absolute Gasteiger partial charge is 0.196 e. The second kappa shape index (κ2) is 9.13. The first kappa shape index (κ1) is 24.2. The molecule has 1 aliphatic heterocycles. The van der Waals surface area contributed by atoms with E-state index in [-0.39, 0.29) is 5.92 Å². The van der Waals surface area contributed by atoms with Gasteiger partial charge in [0.05, 0.1) is 26.7 Å². The van der Waals surface area contributed by atoms with Gasteiger partial charge in [0, 0.05) is 32.9 Å². The summed E-state index contributed by atoms with van der Waals surface area (Å²) in [6.45, 7) is 0. The van der Waals surface area contributed by atoms with Gasteiger partial charge in [-0.05, 0) is 29.8 Å². The molecule has 1 unspecified atom stereocenters. The molecule has 208 valence electrons. The highest BCUT2D eigenvalue weighted by Crippen LogP contribution is 2.48. The van der Waals surface area contributed by atoms with E-state index in [1.165, 1.54) is 16.3 Å². The lowest BCUT2D eigenvalue weighted by Gasteiger charge is -2.21. The Hall–Kier alpha value is -5.24. The zero-order valence-electron chi connectivity index (χ0n) is 23.3. The zero-order valence-corrected chi connectivity index (χ0v) is 24.9. The summed E-state index contributed by atoms with van der Waals surface area (Å²) < 4.78 is 2.27. The first-order valence-corrected chi connectivity index (χ1v) is 16.3. The van der Waals surface area contributed by atoms with Gasteiger partial charge in [-0.15, -0.1) is 11.3 Å². The average molecular weight is 602 g/mol. The highest BCUT2D eigenvalue weighted by atomic mass is 32.1. The van der Waals surface area contributed by atoms with Crippen molar-refractivity contribution in [2.45, 2.75) is 5.92 Å². The van der Waals surface area contributed by atoms with Crippen LogP contribution in [0.25, 0.3) is 53.4 Å². The van der Waals surface area contributed by atoms with Crippen molar-refractivity contribution in [2.75, 3.05) is 4.90 Å². The van der Waals surface area contributed by atoms with Gasteiger partial charge in [0.1, 0.15) is 21.9 Å². The Labute approximate surface area is 260 Å². The molecule has 10 rings (SSSR count). The molecule has 0 fully saturated rings. The topological polar surface area (TPSA) is 60.6 Å². The molecule has 0 amide bonds. The SMILES string of the molecule is c1ccc(C2c3nc4c(ccc5sc(nc54)N(c4ccccc4)c4[nH]c(c5ccccc45)-c4[nH]c2c2ccccc42)s3)cc1. The lowest BCUT2D eigenvalue weighted by molar-refractivity contribution is 0.932. The number of nitrogens with zero attached hydrogens (tertiary/aromatic N) is 3. The largest absolute Gasteiger partial charge is 0.355 e. The number of rotatable bonds is 2. The van der Waals surface area contributed by atoms with Crippen LogP contribution in [0.15, 0.2) is 121 Å². The zero-order chi connectivity index (χ0) is 28.8. The van der Waals surface area contributed by atoms with Crippen LogP contribution in [0.1, 0.15) is 22.2 Å². The third kappa shape index (κ3) is 3.39. The van der Waals surface area contributed by atoms with Crippen molar-refractivity contribution in [3.8, 4) is 11.4 Å². The Bertz CT molecular complexity index is 2340. The van der Waals surface area contributed by atoms with E-state index in [1.807, 2.05) is 0 Å². The van der Waals surface area contributed by atoms with Gasteiger partial charge in [-0.25, -0.2) is 9.97 Å². The van der Waals surface area contributed by atoms with Crippen molar-refractivity contribution in [1.82, 2.24) is 19.9 Å². The quantitative estimate of drug-likeness (QED) is 0.207. The van der Waals surface area contributed by atoms with E-state index in [4.69, 9.17) is 9.97 Å². The Morgan fingerprint density at radius 3 is 1.91 bits per heavy atom. The summed E-state index contributed by atoms with van der Waals surface area (Å²) in [7, 11) is 0. The summed E-state index contributed by atoms with van der Waals surface area (Å²) in [5, 5.41) is 6.64. The molecule has 4 aromatic heterocycles. The first-order valence-electron chi connectivity index (χ1n) is 14.6. The minimum atomic E-state index is -0.0649. The second-order valence-electron chi connectivity index (χ2n) is 11.2. The minimum Gasteiger partial charge on any atom is -0.355 e. The van der Waals surface area contributed by atoms with E-state index in [1.54, 1.807) is 22.7 Å². The number of thiazole rings is 2. The van der Waals surface area contributed by atoms with Crippen molar-refractivity contribution >= 4 is 81.3 Å². The summed E-state index contributed by atoms with van der Waals surface area (Å²) in [6, 6.07) is 43.0. The van der Waals surface area contributed by atoms with Crippen molar-refractivity contribution in [2.24, 2.45) is 0 Å². The number of aromatic nitrogens is 4. The third-order valence-electron chi connectivity index (χ3n) is 8.71. The number of H-pyrrole nitrogens is 2. The van der Waals surface area contributed by atoms with Gasteiger partial charge in [0.15, 0.2) is 5.13 Å². The Balaban J connectivity index is 1.40. The number of anilines is 3. The molecule has 7 heteroatoms. The number of aromatic amines is 2. The van der Waals surface area contributed by atoms with Crippen LogP contribution in [0.2, 0.25) is 0 Å². The average Bonchev–Trinajstić information content (AvgIpc) is 3.86. The summed E-state index contributed by atoms with van der Waals surface area (Å²) in [5.74, 6) is 0.929. The van der Waals surface area contributed by atoms with Gasteiger partial charge in [-0.3, -0.25) is 4.90 Å². The van der Waals surface area contributed by atoms with Gasteiger partial charge in [0.25, 0.3) is 0 Å². The van der Waals surface area contributed by atoms with Crippen LogP contribution >= 0.6 is 22.7 Å². The summed E-state index contributed by atoms with van der Waals surface area (Å²) in [6.07, 6.45) is 0. The normalized spacial score (nSPS) is 14.5. The van der Waals surface area contributed by atoms with E-state index < -0.39 is 0 Å². The number of para-hydroxylation sites is 1. The van der Waals surface area contributed by atoms with Crippen molar-refractivity contribution in [3.63, 3.8) is 0 Å². The maximum atomic E-state index is 5.39. The molecule has 9 aromatic rings. The van der Waals surface area contributed by atoms with Gasteiger partial charge in [-0.1, -0.05) is 108 Å². The molecule has 5 heterocycles. The van der Waals surface area contributed by atoms with Crippen LogP contribution in [0.5, 0.6) is 0 Å². The molecule has 1 aliphatic rings. The highest BCUT2D eigenvalue weighted by Gasteiger charge is 2.30. The van der Waals surface area contributed by atoms with Gasteiger partial charge in [-0.2, -0.15) is 0 Å². The molecule has 2 N–H and O–H groups in total. The lowest BCUT2D eigenvalue weighted by Crippen LogP contribution is -2.10. The molecule has 0 radical (unpaired) electrons. The minimum absolute atomic E-state index is 0.0649. The molecule has 0 spiro atoms. The predicted molar refractivity (Wildman–Crippen MR) is 184 cm³/mol. The van der Waals surface area contributed by atoms with Gasteiger partial charge in [0.2, 0.25) is 0 Å². The highest BCUT2D eigenvalue weighted by molar-refractivity contribution is 7.23. The van der Waals surface area contributed by atoms with Crippen LogP contribution in [0.4, 0.5) is 16.6 Å². The number of hydrogen-bond donors (Lipinski definition) is 2. The van der Waals surface area contributed by atoms with Crippen molar-refractivity contribution < 1.29 is 0 Å². The van der Waals surface area contributed by atoms with E-state index in [9.17, 15) is 0 Å². The number of nitrogens with one attached hydrogen (secondary N) is 2. The van der Waals surface area contributed by atoms with Crippen LogP contribution in [-0.2, 0) is 0 Å². The maximum Gasteiger partial charge on any atom is 0.196 e. The van der Waals surface area contributed by atoms with Gasteiger partial charge < -0.3 is 9.97 Å². The molecular formula is C37H23N5S2. The molecule has 44 heavy (non-hydrogen) atoms. The summed E-state index contributed by atoms with van der Waals surface area (Å²) >= 11 is 3.46. The van der Waals surface area contributed by atoms with E-state index in [0.29, 0.717) is 0 Å². The fourth-order valence-electron chi connectivity index (χ4n) is 6.76. The van der Waals surface area contributed by atoms with Crippen molar-refractivity contribution in [1.29, 1.82) is 0 Å². The van der Waals surface area contributed by atoms with E-state index >= 15 is 0 Å². The Kier molecular flexibility index (Phi) is 5.03. The van der Waals surface area contributed by atoms with Crippen LogP contribution < -0.4 is 4.90 Å². The number of benzene rings is 5. The summed E-state index contributed by atoms with van der Waals surface area (Å²) in [4.78, 5) is 20.9. The fraction of sp³-hybridized carbons (Fsp3) is 0.0270. The Morgan fingerprint density at radius 2 is 1.14 bits per heavy atom. The monoisotopic (exact) mass is 601 g/mol. The van der Waals surface area contributed by atoms with E-state index in [0.717, 1.165) is 69.9 Å². The molecule has 0 aliphatic carbocycles. The van der Waals surface area contributed by atoms with E-state index in [2.05, 4.69) is 136 Å². The van der Waals surface area contributed by atoms with Gasteiger partial charge >= 0.3 is 0 Å². The molecule has 0 saturated heterocycles. The standard InChI is InChI=1S/C37H23N5S2/c1-3-11-21(12-4-1)29-30-23-15-7-8-16-24(23)31(38-30)32-25-17-9-10-18-26(25)35(39-32)42(22-13-5-2-6-14-22)37-41-34-28(44-37)20-19-27-33(34)40-36(29)43-27/h1-20,29,38-39H. The first-order chi connectivity index (χ1) is 21.8. The van der Waals surface area contributed by atoms with Crippen LogP contribution in [0, 0.1) is 0 Å². The fourth-order valence-corrected chi connectivity index (χ4v) is 8.87. The van der Waals surface area contributed by atoms with Crippen LogP contribution in [-0.4, -0.2) is 19.9 Å². The summed E-state index contributed by atoms with van der Waals surface area (Å²) in [5.41, 5.74) is 7.45. The Morgan fingerprint density at radius 1 is 0.545 bits per heavy atom. The molecular weight excluding hydrogens is 579 g/mol. The number of fused-ring (bicyclic) bond motifs is 13. The third-order valence-corrected chi connectivity index (χ3v) is 10.8. The predicted octanol–water partition coefficient (Wildman–Crippen LogP) is 10.5. The molecule has 5 aromatic carbocycles. The maximum absolute atomic E-state index is 5.39. The van der Waals surface area contributed by atoms with Crippen LogP contribution in [0.3, 0.4) is 0 Å². The number of hydrogen-bond acceptors (Lipinski definition) is 5. The lowest BCUT2D eigenvalue weighted by atomic mass is 9.94. The molecule has 1 atom stereocenters. The van der Waals surface area contributed by atoms with Crippen molar-refractivity contribution in [3.05, 3.63) is 138 Å². The molecule has 8 bridgehead atoms. The molecule has 5 nitrogen and oxygen atoms in total.